The Bertz CT molecular complexity index is 824. The zero-order valence-electron chi connectivity index (χ0n) is 17.8. The van der Waals surface area contributed by atoms with Crippen molar-refractivity contribution in [2.45, 2.75) is 0 Å². The first kappa shape index (κ1) is 20.1. The molecule has 0 amide bonds. The first-order valence-electron chi connectivity index (χ1n) is 11.1. The minimum absolute atomic E-state index is 0.298. The van der Waals surface area contributed by atoms with Gasteiger partial charge in [-0.15, -0.1) is 0 Å². The van der Waals surface area contributed by atoms with Crippen LogP contribution in [0, 0.1) is 0 Å². The SMILES string of the molecule is Oc1ccc(N2CCN(c3nc(N4CCOCC4)cc(N4CCOCC4)n3)CC2)cc1. The van der Waals surface area contributed by atoms with Crippen LogP contribution in [0.5, 0.6) is 5.75 Å². The summed E-state index contributed by atoms with van der Waals surface area (Å²) in [5.74, 6) is 3.06. The second-order valence-electron chi connectivity index (χ2n) is 8.07. The molecule has 0 saturated carbocycles. The molecule has 1 aromatic carbocycles. The molecule has 4 heterocycles. The van der Waals surface area contributed by atoms with Crippen molar-refractivity contribution in [1.29, 1.82) is 0 Å². The van der Waals surface area contributed by atoms with Gasteiger partial charge in [-0.1, -0.05) is 0 Å². The number of morpholine rings is 2. The lowest BCUT2D eigenvalue weighted by molar-refractivity contribution is 0.122. The van der Waals surface area contributed by atoms with E-state index in [0.29, 0.717) is 5.75 Å². The van der Waals surface area contributed by atoms with E-state index in [1.54, 1.807) is 12.1 Å². The summed E-state index contributed by atoms with van der Waals surface area (Å²) in [6.45, 7) is 9.85. The number of hydrogen-bond acceptors (Lipinski definition) is 9. The van der Waals surface area contributed by atoms with Gasteiger partial charge in [0.2, 0.25) is 5.95 Å². The lowest BCUT2D eigenvalue weighted by Crippen LogP contribution is -2.47. The Balaban J connectivity index is 1.35. The van der Waals surface area contributed by atoms with Crippen LogP contribution in [-0.4, -0.2) is 93.9 Å². The lowest BCUT2D eigenvalue weighted by atomic mass is 10.2. The number of anilines is 4. The van der Waals surface area contributed by atoms with E-state index in [4.69, 9.17) is 19.4 Å². The summed E-state index contributed by atoms with van der Waals surface area (Å²) in [5, 5.41) is 9.55. The van der Waals surface area contributed by atoms with Crippen LogP contribution in [0.4, 0.5) is 23.3 Å². The fourth-order valence-corrected chi connectivity index (χ4v) is 4.29. The summed E-state index contributed by atoms with van der Waals surface area (Å²) >= 11 is 0. The van der Waals surface area contributed by atoms with Crippen molar-refractivity contribution in [2.24, 2.45) is 0 Å². The molecule has 3 saturated heterocycles. The van der Waals surface area contributed by atoms with Gasteiger partial charge in [0, 0.05) is 64.1 Å². The topological polar surface area (TPSA) is 77.4 Å². The normalized spacial score (nSPS) is 20.3. The number of hydrogen-bond donors (Lipinski definition) is 1. The number of phenolic OH excluding ortho intramolecular Hbond substituents is 1. The summed E-state index contributed by atoms with van der Waals surface area (Å²) in [6, 6.07) is 9.54. The number of phenols is 1. The molecular weight excluding hydrogens is 396 g/mol. The average Bonchev–Trinajstić information content (AvgIpc) is 2.85. The quantitative estimate of drug-likeness (QED) is 0.775. The largest absolute Gasteiger partial charge is 0.508 e. The van der Waals surface area contributed by atoms with Crippen molar-refractivity contribution in [2.75, 3.05) is 98.4 Å². The van der Waals surface area contributed by atoms with Gasteiger partial charge >= 0.3 is 0 Å². The van der Waals surface area contributed by atoms with E-state index in [9.17, 15) is 5.11 Å². The van der Waals surface area contributed by atoms with Crippen LogP contribution < -0.4 is 19.6 Å². The molecule has 0 unspecified atom stereocenters. The van der Waals surface area contributed by atoms with E-state index in [2.05, 4.69) is 25.7 Å². The third-order valence-corrected chi connectivity index (χ3v) is 6.13. The summed E-state index contributed by atoms with van der Waals surface area (Å²) in [4.78, 5) is 19.1. The van der Waals surface area contributed by atoms with Gasteiger partial charge in [0.15, 0.2) is 0 Å². The number of aromatic hydroxyl groups is 1. The highest BCUT2D eigenvalue weighted by atomic mass is 16.5. The molecule has 2 aromatic rings. The Labute approximate surface area is 182 Å². The fourth-order valence-electron chi connectivity index (χ4n) is 4.29. The minimum atomic E-state index is 0.298. The smallest absolute Gasteiger partial charge is 0.229 e. The van der Waals surface area contributed by atoms with Crippen molar-refractivity contribution >= 4 is 23.3 Å². The molecule has 3 aliphatic rings. The number of ether oxygens (including phenoxy) is 2. The van der Waals surface area contributed by atoms with Gasteiger partial charge in [-0.05, 0) is 24.3 Å². The molecule has 0 spiro atoms. The molecule has 0 bridgehead atoms. The number of nitrogens with zero attached hydrogens (tertiary/aromatic N) is 6. The van der Waals surface area contributed by atoms with E-state index in [1.165, 1.54) is 0 Å². The van der Waals surface area contributed by atoms with E-state index in [0.717, 1.165) is 102 Å². The maximum atomic E-state index is 9.55. The summed E-state index contributed by atoms with van der Waals surface area (Å²) in [7, 11) is 0. The molecule has 31 heavy (non-hydrogen) atoms. The van der Waals surface area contributed by atoms with E-state index >= 15 is 0 Å². The monoisotopic (exact) mass is 426 g/mol. The number of rotatable bonds is 4. The van der Waals surface area contributed by atoms with Gasteiger partial charge in [0.1, 0.15) is 17.4 Å². The molecule has 0 aliphatic carbocycles. The minimum Gasteiger partial charge on any atom is -0.508 e. The van der Waals surface area contributed by atoms with Gasteiger partial charge in [0.25, 0.3) is 0 Å². The Morgan fingerprint density at radius 1 is 0.613 bits per heavy atom. The van der Waals surface area contributed by atoms with Crippen molar-refractivity contribution in [3.63, 3.8) is 0 Å². The van der Waals surface area contributed by atoms with E-state index < -0.39 is 0 Å². The summed E-state index contributed by atoms with van der Waals surface area (Å²) in [5.41, 5.74) is 1.13. The molecule has 166 valence electrons. The Kier molecular flexibility index (Phi) is 5.95. The number of aromatic nitrogens is 2. The second-order valence-corrected chi connectivity index (χ2v) is 8.07. The molecule has 3 aliphatic heterocycles. The van der Waals surface area contributed by atoms with E-state index in [-0.39, 0.29) is 0 Å². The molecule has 0 radical (unpaired) electrons. The molecule has 9 nitrogen and oxygen atoms in total. The Hall–Kier alpha value is -2.78. The molecule has 1 aromatic heterocycles. The molecular formula is C22H30N6O3. The van der Waals surface area contributed by atoms with Crippen molar-refractivity contribution in [3.8, 4) is 5.75 Å². The lowest BCUT2D eigenvalue weighted by Gasteiger charge is -2.37. The molecule has 3 fully saturated rings. The number of piperazine rings is 1. The second kappa shape index (κ2) is 9.15. The summed E-state index contributed by atoms with van der Waals surface area (Å²) in [6.07, 6.45) is 0. The molecule has 5 rings (SSSR count). The third kappa shape index (κ3) is 4.62. The van der Waals surface area contributed by atoms with Gasteiger partial charge < -0.3 is 34.2 Å². The van der Waals surface area contributed by atoms with Crippen LogP contribution in [0.3, 0.4) is 0 Å². The van der Waals surface area contributed by atoms with Gasteiger partial charge in [-0.2, -0.15) is 9.97 Å². The molecule has 1 N–H and O–H groups in total. The van der Waals surface area contributed by atoms with Crippen LogP contribution in [0.25, 0.3) is 0 Å². The predicted octanol–water partition coefficient (Wildman–Crippen LogP) is 1.18. The van der Waals surface area contributed by atoms with Crippen LogP contribution in [-0.2, 0) is 9.47 Å². The van der Waals surface area contributed by atoms with Crippen molar-refractivity contribution < 1.29 is 14.6 Å². The van der Waals surface area contributed by atoms with Crippen molar-refractivity contribution in [1.82, 2.24) is 9.97 Å². The molecule has 9 heteroatoms. The third-order valence-electron chi connectivity index (χ3n) is 6.13. The van der Waals surface area contributed by atoms with Crippen LogP contribution in [0.2, 0.25) is 0 Å². The van der Waals surface area contributed by atoms with Gasteiger partial charge in [-0.3, -0.25) is 0 Å². The maximum Gasteiger partial charge on any atom is 0.229 e. The van der Waals surface area contributed by atoms with Gasteiger partial charge in [0.05, 0.1) is 26.4 Å². The summed E-state index contributed by atoms with van der Waals surface area (Å²) < 4.78 is 11.1. The average molecular weight is 427 g/mol. The zero-order chi connectivity index (χ0) is 21.0. The number of benzene rings is 1. The first-order valence-corrected chi connectivity index (χ1v) is 11.1. The first-order chi connectivity index (χ1) is 15.3. The van der Waals surface area contributed by atoms with Gasteiger partial charge in [-0.25, -0.2) is 0 Å². The predicted molar refractivity (Wildman–Crippen MR) is 121 cm³/mol. The highest BCUT2D eigenvalue weighted by Gasteiger charge is 2.24. The van der Waals surface area contributed by atoms with Crippen LogP contribution in [0.1, 0.15) is 0 Å². The van der Waals surface area contributed by atoms with Crippen LogP contribution >= 0.6 is 0 Å². The molecule has 0 atom stereocenters. The van der Waals surface area contributed by atoms with Crippen LogP contribution in [0.15, 0.2) is 30.3 Å². The van der Waals surface area contributed by atoms with Crippen molar-refractivity contribution in [3.05, 3.63) is 30.3 Å². The zero-order valence-corrected chi connectivity index (χ0v) is 17.8. The fraction of sp³-hybridized carbons (Fsp3) is 0.545. The Morgan fingerprint density at radius 3 is 1.61 bits per heavy atom. The Morgan fingerprint density at radius 2 is 1.10 bits per heavy atom. The highest BCUT2D eigenvalue weighted by Crippen LogP contribution is 2.26. The maximum absolute atomic E-state index is 9.55. The standard InChI is InChI=1S/C22H30N6O3/c29-19-3-1-18(2-4-19)25-5-7-28(8-6-25)22-23-20(26-9-13-30-14-10-26)17-21(24-22)27-11-15-31-16-12-27/h1-4,17,29H,5-16H2. The highest BCUT2D eigenvalue weighted by molar-refractivity contribution is 5.57. The van der Waals surface area contributed by atoms with E-state index in [1.807, 2.05) is 12.1 Å².